The summed E-state index contributed by atoms with van der Waals surface area (Å²) in [5.41, 5.74) is 7.41. The molecule has 4 aromatic carbocycles. The molecule has 4 aliphatic rings. The number of carbonyl (C=O) groups is 4. The van der Waals surface area contributed by atoms with E-state index in [2.05, 4.69) is 21.8 Å². The fourth-order valence-corrected chi connectivity index (χ4v) is 10.1. The maximum atomic E-state index is 16.2. The lowest BCUT2D eigenvalue weighted by atomic mass is 9.77. The van der Waals surface area contributed by atoms with Gasteiger partial charge in [-0.25, -0.2) is 13.6 Å². The first-order valence-electron chi connectivity index (χ1n) is 20.8. The number of ether oxygens (including phenoxy) is 2. The minimum atomic E-state index is -1.08. The van der Waals surface area contributed by atoms with Gasteiger partial charge < -0.3 is 25.4 Å². The number of hydrogen-bond acceptors (Lipinski definition) is 8. The Labute approximate surface area is 361 Å². The summed E-state index contributed by atoms with van der Waals surface area (Å²) < 4.78 is 45.6. The van der Waals surface area contributed by atoms with Gasteiger partial charge in [0.15, 0.2) is 23.0 Å². The molecule has 16 heteroatoms. The van der Waals surface area contributed by atoms with Crippen molar-refractivity contribution in [1.82, 2.24) is 25.3 Å². The van der Waals surface area contributed by atoms with Gasteiger partial charge in [-0.3, -0.25) is 29.3 Å². The third kappa shape index (κ3) is 6.91. The number of rotatable bonds is 10. The van der Waals surface area contributed by atoms with Gasteiger partial charge in [-0.1, -0.05) is 54.9 Å². The topological polar surface area (TPSA) is 161 Å². The van der Waals surface area contributed by atoms with Crippen LogP contribution in [0.25, 0.3) is 22.0 Å². The SMILES string of the molecule is COc1ccc(C(N)=O)c(-c2c(Cl)c(F)cc3c2C(C)C(CNC2CCC(C(=O)N4CC(c5ccc6c(N7CCC(=O)NC7=O)nn(C)c6c5)C4)CC2)(c2ccccc2)O3)c1F. The summed E-state index contributed by atoms with van der Waals surface area (Å²) in [6.45, 7) is 3.72. The summed E-state index contributed by atoms with van der Waals surface area (Å²) in [7, 11) is 3.12. The fourth-order valence-electron chi connectivity index (χ4n) is 9.82. The minimum Gasteiger partial charge on any atom is -0.494 e. The molecule has 4 heterocycles. The molecular weight excluding hydrogens is 820 g/mol. The number of benzene rings is 4. The molecule has 5 aromatic rings. The molecule has 13 nitrogen and oxygen atoms in total. The molecule has 2 unspecified atom stereocenters. The summed E-state index contributed by atoms with van der Waals surface area (Å²) in [5.74, 6) is -2.71. The van der Waals surface area contributed by atoms with E-state index in [9.17, 15) is 19.2 Å². The Morgan fingerprint density at radius 1 is 1.03 bits per heavy atom. The Morgan fingerprint density at radius 3 is 2.47 bits per heavy atom. The number of urea groups is 1. The molecule has 0 radical (unpaired) electrons. The largest absolute Gasteiger partial charge is 0.494 e. The minimum absolute atomic E-state index is 0.0147. The number of anilines is 1. The molecule has 1 aromatic heterocycles. The first-order valence-corrected chi connectivity index (χ1v) is 21.2. The van der Waals surface area contributed by atoms with Crippen LogP contribution in [0.3, 0.4) is 0 Å². The highest BCUT2D eigenvalue weighted by molar-refractivity contribution is 6.34. The molecular formula is C46H46ClF2N7O6. The maximum absolute atomic E-state index is 16.2. The van der Waals surface area contributed by atoms with Crippen molar-refractivity contribution in [1.29, 1.82) is 0 Å². The lowest BCUT2D eigenvalue weighted by Crippen LogP contribution is -2.52. The third-order valence-electron chi connectivity index (χ3n) is 13.3. The average Bonchev–Trinajstić information content (AvgIpc) is 3.72. The zero-order chi connectivity index (χ0) is 43.6. The van der Waals surface area contributed by atoms with Crippen LogP contribution in [0.5, 0.6) is 11.5 Å². The van der Waals surface area contributed by atoms with Crippen molar-refractivity contribution in [2.45, 2.75) is 62.5 Å². The number of nitrogens with one attached hydrogen (secondary N) is 2. The third-order valence-corrected chi connectivity index (χ3v) is 13.7. The second-order valence-corrected chi connectivity index (χ2v) is 17.1. The van der Waals surface area contributed by atoms with Crippen molar-refractivity contribution in [3.63, 3.8) is 0 Å². The fraction of sp³-hybridized carbons (Fsp3) is 0.370. The Bertz CT molecular complexity index is 2650. The van der Waals surface area contributed by atoms with E-state index in [-0.39, 0.29) is 75.9 Å². The van der Waals surface area contributed by atoms with Crippen LogP contribution in [0.15, 0.2) is 66.7 Å². The van der Waals surface area contributed by atoms with Gasteiger partial charge >= 0.3 is 6.03 Å². The molecule has 322 valence electrons. The van der Waals surface area contributed by atoms with Crippen molar-refractivity contribution >= 4 is 52.1 Å². The Hall–Kier alpha value is -6.06. The molecule has 3 fully saturated rings. The van der Waals surface area contributed by atoms with Gasteiger partial charge in [0.1, 0.15) is 11.6 Å². The van der Waals surface area contributed by atoms with Crippen LogP contribution >= 0.6 is 11.6 Å². The zero-order valence-corrected chi connectivity index (χ0v) is 35.2. The standard InChI is InChI=1S/C46H46ClF2N7O6/c1-24-37-35(20-32(48)40(47)39(37)38-31(42(50)58)15-16-34(61-3)41(38)49)62-46(24,28-7-5-4-6-8-28)23-51-29-12-9-25(10-13-29)44(59)55-21-27(22-55)26-11-14-30-33(19-26)54(2)53-43(30)56-18-17-36(57)52-45(56)60/h4-8,11,14-16,19-20,24-25,27,29,51H,9-10,12-13,17-18,21-23H2,1-3H3,(H2,50,58)(H,52,57,60). The quantitative estimate of drug-likeness (QED) is 0.137. The maximum Gasteiger partial charge on any atom is 0.329 e. The van der Waals surface area contributed by atoms with Crippen molar-refractivity contribution in [3.05, 3.63) is 106 Å². The van der Waals surface area contributed by atoms with Gasteiger partial charge in [0.25, 0.3) is 0 Å². The number of aryl methyl sites for hydroxylation is 1. The van der Waals surface area contributed by atoms with Crippen molar-refractivity contribution in [2.24, 2.45) is 18.7 Å². The Morgan fingerprint density at radius 2 is 1.77 bits per heavy atom. The second kappa shape index (κ2) is 16.0. The number of carbonyl (C=O) groups excluding carboxylic acids is 4. The van der Waals surface area contributed by atoms with Gasteiger partial charge in [0, 0.05) is 91.6 Å². The smallest absolute Gasteiger partial charge is 0.329 e. The molecule has 0 bridgehead atoms. The normalized spacial score (nSPS) is 22.6. The van der Waals surface area contributed by atoms with Crippen molar-refractivity contribution in [2.75, 3.05) is 38.2 Å². The lowest BCUT2D eigenvalue weighted by Gasteiger charge is -2.43. The van der Waals surface area contributed by atoms with E-state index in [1.165, 1.54) is 30.2 Å². The van der Waals surface area contributed by atoms with Crippen LogP contribution in [-0.2, 0) is 22.2 Å². The number of likely N-dealkylation sites (tertiary alicyclic amines) is 1. The number of nitrogens with two attached hydrogens (primary N) is 1. The van der Waals surface area contributed by atoms with Gasteiger partial charge in [0.2, 0.25) is 17.7 Å². The number of nitrogens with zero attached hydrogens (tertiary/aromatic N) is 4. The summed E-state index contributed by atoms with van der Waals surface area (Å²) in [5, 5.41) is 11.1. The monoisotopic (exact) mass is 865 g/mol. The van der Waals surface area contributed by atoms with Gasteiger partial charge in [-0.15, -0.1) is 0 Å². The summed E-state index contributed by atoms with van der Waals surface area (Å²) in [6, 6.07) is 19.0. The van der Waals surface area contributed by atoms with E-state index in [1.807, 2.05) is 61.3 Å². The molecule has 1 aliphatic carbocycles. The Balaban J connectivity index is 0.876. The molecule has 4 N–H and O–H groups in total. The van der Waals surface area contributed by atoms with E-state index in [1.54, 1.807) is 4.68 Å². The molecule has 3 aliphatic heterocycles. The van der Waals surface area contributed by atoms with Crippen molar-refractivity contribution in [3.8, 4) is 22.6 Å². The first-order chi connectivity index (χ1) is 29.8. The molecule has 2 saturated heterocycles. The number of imide groups is 1. The van der Waals surface area contributed by atoms with Gasteiger partial charge in [0.05, 0.1) is 23.2 Å². The highest BCUT2D eigenvalue weighted by atomic mass is 35.5. The number of amides is 5. The van der Waals surface area contributed by atoms with Crippen LogP contribution in [-0.4, -0.2) is 77.8 Å². The van der Waals surface area contributed by atoms with Crippen LogP contribution < -0.4 is 30.7 Å². The van der Waals surface area contributed by atoms with E-state index in [0.29, 0.717) is 43.9 Å². The molecule has 0 spiro atoms. The number of fused-ring (bicyclic) bond motifs is 2. The molecule has 62 heavy (non-hydrogen) atoms. The number of aromatic nitrogens is 2. The molecule has 9 rings (SSSR count). The van der Waals surface area contributed by atoms with E-state index in [4.69, 9.17) is 26.8 Å². The van der Waals surface area contributed by atoms with Crippen LogP contribution in [0.2, 0.25) is 5.02 Å². The second-order valence-electron chi connectivity index (χ2n) is 16.8. The van der Waals surface area contributed by atoms with Crippen LogP contribution in [0.1, 0.15) is 77.9 Å². The van der Waals surface area contributed by atoms with E-state index < -0.39 is 35.1 Å². The Kier molecular flexibility index (Phi) is 10.7. The average molecular weight is 866 g/mol. The molecule has 1 saturated carbocycles. The highest BCUT2D eigenvalue weighted by Gasteiger charge is 2.50. The first kappa shape index (κ1) is 41.3. The lowest BCUT2D eigenvalue weighted by molar-refractivity contribution is -0.141. The van der Waals surface area contributed by atoms with Gasteiger partial charge in [-0.05, 0) is 61.1 Å². The van der Waals surface area contributed by atoms with Gasteiger partial charge in [-0.2, -0.15) is 5.10 Å². The number of primary amides is 1. The molecule has 2 atom stereocenters. The van der Waals surface area contributed by atoms with Crippen LogP contribution in [0, 0.1) is 17.6 Å². The summed E-state index contributed by atoms with van der Waals surface area (Å²) in [6.07, 6.45) is 3.14. The summed E-state index contributed by atoms with van der Waals surface area (Å²) >= 11 is 6.67. The number of methoxy groups -OCH3 is 1. The summed E-state index contributed by atoms with van der Waals surface area (Å²) in [4.78, 5) is 54.0. The highest BCUT2D eigenvalue weighted by Crippen LogP contribution is 2.56. The van der Waals surface area contributed by atoms with E-state index >= 15 is 8.78 Å². The molecule has 5 amide bonds. The van der Waals surface area contributed by atoms with Crippen LogP contribution in [0.4, 0.5) is 19.4 Å². The number of halogens is 3. The van der Waals surface area contributed by atoms with Crippen molar-refractivity contribution < 1.29 is 37.4 Å². The zero-order valence-electron chi connectivity index (χ0n) is 34.5. The predicted octanol–water partition coefficient (Wildman–Crippen LogP) is 6.89. The predicted molar refractivity (Wildman–Crippen MR) is 228 cm³/mol. The van der Waals surface area contributed by atoms with E-state index in [0.717, 1.165) is 34.9 Å². The number of hydrogen-bond donors (Lipinski definition) is 3.